The largest absolute Gasteiger partial charge is 0.326 e. The summed E-state index contributed by atoms with van der Waals surface area (Å²) in [5.41, 5.74) is 6.41. The molecule has 0 radical (unpaired) electrons. The third kappa shape index (κ3) is 3.33. The van der Waals surface area contributed by atoms with Crippen LogP contribution in [0.15, 0.2) is 27.6 Å². The fourth-order valence-electron chi connectivity index (χ4n) is 2.02. The molecule has 1 unspecified atom stereocenters. The van der Waals surface area contributed by atoms with E-state index in [0.717, 1.165) is 11.3 Å². The van der Waals surface area contributed by atoms with Crippen LogP contribution in [0.4, 0.5) is 0 Å². The van der Waals surface area contributed by atoms with Gasteiger partial charge in [0.05, 0.1) is 4.90 Å². The van der Waals surface area contributed by atoms with Gasteiger partial charge in [0.15, 0.2) is 0 Å². The molecule has 106 valence electrons. The Kier molecular flexibility index (Phi) is 4.94. The van der Waals surface area contributed by atoms with Crippen LogP contribution in [-0.2, 0) is 16.6 Å². The summed E-state index contributed by atoms with van der Waals surface area (Å²) in [5, 5.41) is 0.333. The maximum absolute atomic E-state index is 12.7. The molecule has 1 aliphatic heterocycles. The first-order valence-corrected chi connectivity index (χ1v) is 9.33. The van der Waals surface area contributed by atoms with Gasteiger partial charge < -0.3 is 5.73 Å². The maximum Gasteiger partial charge on any atom is 0.244 e. The highest BCUT2D eigenvalue weighted by Crippen LogP contribution is 2.29. The Balaban J connectivity index is 2.38. The van der Waals surface area contributed by atoms with Gasteiger partial charge in [0.2, 0.25) is 10.0 Å². The van der Waals surface area contributed by atoms with E-state index in [-0.39, 0.29) is 0 Å². The maximum atomic E-state index is 12.7. The molecule has 1 saturated heterocycles. The summed E-state index contributed by atoms with van der Waals surface area (Å²) in [4.78, 5) is 0.314. The summed E-state index contributed by atoms with van der Waals surface area (Å²) in [6.07, 6.45) is 0. The van der Waals surface area contributed by atoms with Crippen molar-refractivity contribution in [2.45, 2.75) is 23.6 Å². The Morgan fingerprint density at radius 2 is 2.26 bits per heavy atom. The first-order chi connectivity index (χ1) is 8.95. The van der Waals surface area contributed by atoms with Crippen LogP contribution in [0.25, 0.3) is 0 Å². The number of thioether (sulfide) groups is 1. The minimum absolute atomic E-state index is 0.314. The highest BCUT2D eigenvalue weighted by molar-refractivity contribution is 9.10. The highest BCUT2D eigenvalue weighted by Gasteiger charge is 2.30. The Morgan fingerprint density at radius 1 is 1.53 bits per heavy atom. The molecule has 4 nitrogen and oxygen atoms in total. The zero-order valence-electron chi connectivity index (χ0n) is 10.7. The van der Waals surface area contributed by atoms with E-state index in [1.165, 1.54) is 0 Å². The normalized spacial score (nSPS) is 21.5. The number of halogens is 1. The minimum Gasteiger partial charge on any atom is -0.326 e. The molecule has 2 rings (SSSR count). The fourth-order valence-corrected chi connectivity index (χ4v) is 5.74. The molecular formula is C12H17BrN2O2S2. The van der Waals surface area contributed by atoms with Crippen LogP contribution in [0.5, 0.6) is 0 Å². The zero-order chi connectivity index (χ0) is 14.0. The van der Waals surface area contributed by atoms with Gasteiger partial charge in [-0.1, -0.05) is 13.0 Å². The molecule has 2 N–H and O–H groups in total. The van der Waals surface area contributed by atoms with Gasteiger partial charge in [-0.05, 0) is 33.6 Å². The topological polar surface area (TPSA) is 63.4 Å². The third-order valence-corrected chi connectivity index (χ3v) is 7.05. The number of nitrogens with zero attached hydrogens (tertiary/aromatic N) is 1. The number of hydrogen-bond donors (Lipinski definition) is 1. The van der Waals surface area contributed by atoms with Crippen LogP contribution in [0.1, 0.15) is 12.5 Å². The molecular weight excluding hydrogens is 348 g/mol. The molecule has 0 aliphatic carbocycles. The minimum atomic E-state index is -3.44. The monoisotopic (exact) mass is 364 g/mol. The summed E-state index contributed by atoms with van der Waals surface area (Å²) in [6, 6.07) is 5.24. The summed E-state index contributed by atoms with van der Waals surface area (Å²) < 4.78 is 27.5. The average molecular weight is 365 g/mol. The molecule has 1 atom stereocenters. The number of benzene rings is 1. The molecule has 0 spiro atoms. The quantitative estimate of drug-likeness (QED) is 0.890. The van der Waals surface area contributed by atoms with Crippen LogP contribution < -0.4 is 5.73 Å². The predicted octanol–water partition coefficient (Wildman–Crippen LogP) is 2.03. The molecule has 19 heavy (non-hydrogen) atoms. The van der Waals surface area contributed by atoms with Gasteiger partial charge in [0.1, 0.15) is 0 Å². The van der Waals surface area contributed by atoms with Gasteiger partial charge in [-0.2, -0.15) is 16.1 Å². The standard InChI is InChI=1S/C12H17BrN2O2S2/c1-9-8-15(4-5-18-9)19(16,17)12-6-10(7-14)2-3-11(12)13/h2-3,6,9H,4-5,7-8,14H2,1H3. The van der Waals surface area contributed by atoms with Crippen molar-refractivity contribution in [3.05, 3.63) is 28.2 Å². The van der Waals surface area contributed by atoms with Crippen molar-refractivity contribution in [2.75, 3.05) is 18.8 Å². The van der Waals surface area contributed by atoms with Crippen LogP contribution >= 0.6 is 27.7 Å². The molecule has 1 aromatic rings. The van der Waals surface area contributed by atoms with Crippen molar-refractivity contribution in [1.82, 2.24) is 4.31 Å². The van der Waals surface area contributed by atoms with Crippen LogP contribution in [0.2, 0.25) is 0 Å². The second kappa shape index (κ2) is 6.13. The summed E-state index contributed by atoms with van der Waals surface area (Å²) >= 11 is 5.13. The molecule has 1 fully saturated rings. The van der Waals surface area contributed by atoms with Gasteiger partial charge in [-0.3, -0.25) is 0 Å². The number of sulfonamides is 1. The molecule has 0 bridgehead atoms. The zero-order valence-corrected chi connectivity index (χ0v) is 13.9. The van der Waals surface area contributed by atoms with E-state index in [9.17, 15) is 8.42 Å². The molecule has 0 amide bonds. The summed E-state index contributed by atoms with van der Waals surface area (Å²) in [7, 11) is -3.44. The molecule has 1 aromatic carbocycles. The summed E-state index contributed by atoms with van der Waals surface area (Å²) in [6.45, 7) is 3.52. The van der Waals surface area contributed by atoms with Crippen LogP contribution in [0.3, 0.4) is 0 Å². The van der Waals surface area contributed by atoms with E-state index in [2.05, 4.69) is 22.9 Å². The SMILES string of the molecule is CC1CN(S(=O)(=O)c2cc(CN)ccc2Br)CCS1. The van der Waals surface area contributed by atoms with Gasteiger partial charge >= 0.3 is 0 Å². The molecule has 1 aliphatic rings. The Labute approximate surface area is 126 Å². The highest BCUT2D eigenvalue weighted by atomic mass is 79.9. The molecule has 0 saturated carbocycles. The lowest BCUT2D eigenvalue weighted by Gasteiger charge is -2.30. The van der Waals surface area contributed by atoms with Crippen LogP contribution in [0, 0.1) is 0 Å². The van der Waals surface area contributed by atoms with Crippen molar-refractivity contribution in [3.63, 3.8) is 0 Å². The van der Waals surface area contributed by atoms with E-state index < -0.39 is 10.0 Å². The predicted molar refractivity (Wildman–Crippen MR) is 82.7 cm³/mol. The molecule has 1 heterocycles. The van der Waals surface area contributed by atoms with Gasteiger partial charge in [-0.25, -0.2) is 8.42 Å². The Morgan fingerprint density at radius 3 is 2.89 bits per heavy atom. The van der Waals surface area contributed by atoms with E-state index in [0.29, 0.717) is 34.3 Å². The second-order valence-electron chi connectivity index (χ2n) is 4.51. The first-order valence-electron chi connectivity index (χ1n) is 6.05. The van der Waals surface area contributed by atoms with Crippen molar-refractivity contribution < 1.29 is 8.42 Å². The van der Waals surface area contributed by atoms with Crippen molar-refractivity contribution in [3.8, 4) is 0 Å². The summed E-state index contributed by atoms with van der Waals surface area (Å²) in [5.74, 6) is 0.842. The molecule has 7 heteroatoms. The number of rotatable bonds is 3. The third-order valence-electron chi connectivity index (χ3n) is 3.05. The first kappa shape index (κ1) is 15.3. The van der Waals surface area contributed by atoms with E-state index >= 15 is 0 Å². The van der Waals surface area contributed by atoms with Crippen molar-refractivity contribution in [1.29, 1.82) is 0 Å². The smallest absolute Gasteiger partial charge is 0.244 e. The number of hydrogen-bond acceptors (Lipinski definition) is 4. The Bertz CT molecular complexity index is 563. The lowest BCUT2D eigenvalue weighted by atomic mass is 10.2. The molecule has 0 aromatic heterocycles. The fraction of sp³-hybridized carbons (Fsp3) is 0.500. The van der Waals surface area contributed by atoms with E-state index in [1.54, 1.807) is 16.4 Å². The lowest BCUT2D eigenvalue weighted by Crippen LogP contribution is -2.41. The Hall–Kier alpha value is -0.0800. The lowest BCUT2D eigenvalue weighted by molar-refractivity contribution is 0.424. The average Bonchev–Trinajstić information content (AvgIpc) is 2.39. The second-order valence-corrected chi connectivity index (χ2v) is 8.82. The van der Waals surface area contributed by atoms with E-state index in [4.69, 9.17) is 5.73 Å². The van der Waals surface area contributed by atoms with Crippen molar-refractivity contribution in [2.24, 2.45) is 5.73 Å². The van der Waals surface area contributed by atoms with Gasteiger partial charge in [-0.15, -0.1) is 0 Å². The van der Waals surface area contributed by atoms with Crippen molar-refractivity contribution >= 4 is 37.7 Å². The number of nitrogens with two attached hydrogens (primary N) is 1. The van der Waals surface area contributed by atoms with Gasteiger partial charge in [0.25, 0.3) is 0 Å². The van der Waals surface area contributed by atoms with Crippen LogP contribution in [-0.4, -0.2) is 36.8 Å². The van der Waals surface area contributed by atoms with E-state index in [1.807, 2.05) is 17.8 Å². The van der Waals surface area contributed by atoms with Gasteiger partial charge in [0, 0.05) is 35.1 Å².